The van der Waals surface area contributed by atoms with Gasteiger partial charge in [-0.1, -0.05) is 28.9 Å². The smallest absolute Gasteiger partial charge is 0.220 e. The highest BCUT2D eigenvalue weighted by atomic mass is 35.5. The van der Waals surface area contributed by atoms with Crippen molar-refractivity contribution in [1.29, 1.82) is 0 Å². The number of nitrogens with zero attached hydrogens (tertiary/aromatic N) is 2. The van der Waals surface area contributed by atoms with Crippen LogP contribution in [0.3, 0.4) is 0 Å². The van der Waals surface area contributed by atoms with Crippen molar-refractivity contribution in [2.75, 3.05) is 0 Å². The number of benzene rings is 1. The zero-order chi connectivity index (χ0) is 13.8. The first-order chi connectivity index (χ1) is 9.11. The second kappa shape index (κ2) is 5.53. The SMILES string of the molecule is N/C(=N/O)c1cccc(Oc2cccc(Cl)c2F)n1. The van der Waals surface area contributed by atoms with E-state index < -0.39 is 5.82 Å². The molecule has 5 nitrogen and oxygen atoms in total. The van der Waals surface area contributed by atoms with Gasteiger partial charge in [0, 0.05) is 6.07 Å². The van der Waals surface area contributed by atoms with E-state index in [1.807, 2.05) is 0 Å². The molecule has 0 radical (unpaired) electrons. The number of hydrogen-bond donors (Lipinski definition) is 2. The van der Waals surface area contributed by atoms with Gasteiger partial charge in [0.15, 0.2) is 17.4 Å². The zero-order valence-corrected chi connectivity index (χ0v) is 10.3. The van der Waals surface area contributed by atoms with Gasteiger partial charge in [0.05, 0.1) is 5.02 Å². The molecule has 0 aliphatic heterocycles. The molecule has 0 saturated heterocycles. The molecule has 19 heavy (non-hydrogen) atoms. The lowest BCUT2D eigenvalue weighted by Crippen LogP contribution is -2.14. The number of amidine groups is 1. The Morgan fingerprint density at radius 1 is 1.32 bits per heavy atom. The predicted molar refractivity (Wildman–Crippen MR) is 68.2 cm³/mol. The van der Waals surface area contributed by atoms with Crippen LogP contribution in [0.2, 0.25) is 5.02 Å². The Kier molecular flexibility index (Phi) is 3.82. The maximum atomic E-state index is 13.6. The fourth-order valence-electron chi connectivity index (χ4n) is 1.34. The molecule has 0 spiro atoms. The van der Waals surface area contributed by atoms with Gasteiger partial charge in [-0.3, -0.25) is 0 Å². The number of aromatic nitrogens is 1. The molecule has 1 aromatic heterocycles. The van der Waals surface area contributed by atoms with E-state index in [2.05, 4.69) is 10.1 Å². The molecule has 98 valence electrons. The van der Waals surface area contributed by atoms with Crippen LogP contribution in [-0.2, 0) is 0 Å². The van der Waals surface area contributed by atoms with Crippen molar-refractivity contribution in [3.8, 4) is 11.6 Å². The van der Waals surface area contributed by atoms with Gasteiger partial charge < -0.3 is 15.7 Å². The molecule has 2 aromatic rings. The highest BCUT2D eigenvalue weighted by Crippen LogP contribution is 2.27. The first kappa shape index (κ1) is 13.1. The molecule has 0 aliphatic carbocycles. The van der Waals surface area contributed by atoms with Crippen LogP contribution in [0.4, 0.5) is 4.39 Å². The summed E-state index contributed by atoms with van der Waals surface area (Å²) >= 11 is 5.64. The van der Waals surface area contributed by atoms with E-state index in [4.69, 9.17) is 27.3 Å². The van der Waals surface area contributed by atoms with Crippen molar-refractivity contribution in [2.45, 2.75) is 0 Å². The van der Waals surface area contributed by atoms with Crippen LogP contribution in [0.25, 0.3) is 0 Å². The number of hydrogen-bond acceptors (Lipinski definition) is 4. The molecule has 3 N–H and O–H groups in total. The van der Waals surface area contributed by atoms with E-state index in [0.717, 1.165) is 0 Å². The molecule has 1 heterocycles. The van der Waals surface area contributed by atoms with Crippen molar-refractivity contribution in [3.05, 3.63) is 52.9 Å². The molecule has 0 unspecified atom stereocenters. The number of oxime groups is 1. The zero-order valence-electron chi connectivity index (χ0n) is 9.55. The summed E-state index contributed by atoms with van der Waals surface area (Å²) in [4.78, 5) is 3.96. The molecule has 2 rings (SSSR count). The average molecular weight is 282 g/mol. The molecule has 0 saturated carbocycles. The van der Waals surface area contributed by atoms with E-state index in [-0.39, 0.29) is 28.2 Å². The van der Waals surface area contributed by atoms with Crippen LogP contribution >= 0.6 is 11.6 Å². The first-order valence-electron chi connectivity index (χ1n) is 5.18. The van der Waals surface area contributed by atoms with E-state index in [1.165, 1.54) is 24.3 Å². The Morgan fingerprint density at radius 3 is 2.79 bits per heavy atom. The van der Waals surface area contributed by atoms with Gasteiger partial charge in [-0.05, 0) is 18.2 Å². The summed E-state index contributed by atoms with van der Waals surface area (Å²) in [7, 11) is 0. The Labute approximate surface area is 113 Å². The third kappa shape index (κ3) is 2.92. The summed E-state index contributed by atoms with van der Waals surface area (Å²) in [5.41, 5.74) is 5.61. The molecule has 0 aliphatic rings. The van der Waals surface area contributed by atoms with Crippen molar-refractivity contribution < 1.29 is 14.3 Å². The van der Waals surface area contributed by atoms with Crippen molar-refractivity contribution >= 4 is 17.4 Å². The lowest BCUT2D eigenvalue weighted by Gasteiger charge is -2.07. The maximum Gasteiger partial charge on any atom is 0.220 e. The van der Waals surface area contributed by atoms with Crippen LogP contribution in [0.15, 0.2) is 41.6 Å². The van der Waals surface area contributed by atoms with E-state index in [0.29, 0.717) is 0 Å². The van der Waals surface area contributed by atoms with Crippen molar-refractivity contribution in [2.24, 2.45) is 10.9 Å². The second-order valence-electron chi connectivity index (χ2n) is 3.50. The quantitative estimate of drug-likeness (QED) is 0.392. The topological polar surface area (TPSA) is 80.7 Å². The fourth-order valence-corrected chi connectivity index (χ4v) is 1.51. The van der Waals surface area contributed by atoms with Gasteiger partial charge in [0.2, 0.25) is 5.88 Å². The van der Waals surface area contributed by atoms with Crippen LogP contribution in [0.1, 0.15) is 5.69 Å². The van der Waals surface area contributed by atoms with Crippen LogP contribution in [0, 0.1) is 5.82 Å². The summed E-state index contributed by atoms with van der Waals surface area (Å²) in [6.45, 7) is 0. The number of nitrogens with two attached hydrogens (primary N) is 1. The molecule has 0 bridgehead atoms. The predicted octanol–water partition coefficient (Wildman–Crippen LogP) is 2.76. The van der Waals surface area contributed by atoms with Gasteiger partial charge in [-0.25, -0.2) is 9.37 Å². The minimum atomic E-state index is -0.680. The Bertz CT molecular complexity index is 634. The highest BCUT2D eigenvalue weighted by molar-refractivity contribution is 6.30. The molecule has 0 fully saturated rings. The summed E-state index contributed by atoms with van der Waals surface area (Å²) in [5.74, 6) is -0.806. The minimum Gasteiger partial charge on any atom is -0.436 e. The highest BCUT2D eigenvalue weighted by Gasteiger charge is 2.10. The van der Waals surface area contributed by atoms with Crippen LogP contribution in [-0.4, -0.2) is 16.0 Å². The van der Waals surface area contributed by atoms with Gasteiger partial charge in [0.1, 0.15) is 5.69 Å². The standard InChI is InChI=1S/C12H9ClFN3O2/c13-7-3-1-5-9(11(7)14)19-10-6-2-4-8(16-10)12(15)17-18/h1-6,18H,(H2,15,17). The van der Waals surface area contributed by atoms with E-state index >= 15 is 0 Å². The van der Waals surface area contributed by atoms with Gasteiger partial charge >= 0.3 is 0 Å². The minimum absolute atomic E-state index is 0.0508. The van der Waals surface area contributed by atoms with Crippen molar-refractivity contribution in [1.82, 2.24) is 4.98 Å². The lowest BCUT2D eigenvalue weighted by atomic mass is 10.3. The number of rotatable bonds is 3. The number of halogens is 2. The molecule has 0 amide bonds. The first-order valence-corrected chi connectivity index (χ1v) is 5.56. The Balaban J connectivity index is 2.31. The van der Waals surface area contributed by atoms with E-state index in [9.17, 15) is 4.39 Å². The summed E-state index contributed by atoms with van der Waals surface area (Å²) in [6.07, 6.45) is 0. The molecule has 1 aromatic carbocycles. The summed E-state index contributed by atoms with van der Waals surface area (Å²) < 4.78 is 18.9. The van der Waals surface area contributed by atoms with E-state index in [1.54, 1.807) is 12.1 Å². The van der Waals surface area contributed by atoms with Crippen LogP contribution in [0.5, 0.6) is 11.6 Å². The number of ether oxygens (including phenoxy) is 1. The van der Waals surface area contributed by atoms with Gasteiger partial charge in [-0.15, -0.1) is 0 Å². The van der Waals surface area contributed by atoms with Crippen LogP contribution < -0.4 is 10.5 Å². The Morgan fingerprint density at radius 2 is 2.05 bits per heavy atom. The summed E-state index contributed by atoms with van der Waals surface area (Å²) in [6, 6.07) is 8.99. The molecular formula is C12H9ClFN3O2. The molecular weight excluding hydrogens is 273 g/mol. The summed E-state index contributed by atoms with van der Waals surface area (Å²) in [5, 5.41) is 11.3. The maximum absolute atomic E-state index is 13.6. The monoisotopic (exact) mass is 281 g/mol. The average Bonchev–Trinajstić information content (AvgIpc) is 2.43. The van der Waals surface area contributed by atoms with Crippen molar-refractivity contribution in [3.63, 3.8) is 0 Å². The van der Waals surface area contributed by atoms with Gasteiger partial charge in [-0.2, -0.15) is 0 Å². The van der Waals surface area contributed by atoms with Gasteiger partial charge in [0.25, 0.3) is 0 Å². The largest absolute Gasteiger partial charge is 0.436 e. The lowest BCUT2D eigenvalue weighted by molar-refractivity contribution is 0.318. The number of pyridine rings is 1. The normalized spacial score (nSPS) is 11.4. The fraction of sp³-hybridized carbons (Fsp3) is 0. The third-order valence-electron chi connectivity index (χ3n) is 2.22. The third-order valence-corrected chi connectivity index (χ3v) is 2.52. The Hall–Kier alpha value is -2.34. The second-order valence-corrected chi connectivity index (χ2v) is 3.91. The molecule has 7 heteroatoms. The molecule has 0 atom stereocenters.